The van der Waals surface area contributed by atoms with Gasteiger partial charge in [0.15, 0.2) is 4.80 Å². The van der Waals surface area contributed by atoms with Gasteiger partial charge in [0.05, 0.1) is 36.6 Å². The Labute approximate surface area is 244 Å². The molecule has 0 unspecified atom stereocenters. The molecule has 0 spiro atoms. The van der Waals surface area contributed by atoms with Crippen molar-refractivity contribution in [2.75, 3.05) is 38.8 Å². The number of fused-ring (bicyclic) bond motifs is 1. The maximum atomic E-state index is 14.1. The lowest BCUT2D eigenvalue weighted by Crippen LogP contribution is -2.40. The van der Waals surface area contributed by atoms with Crippen LogP contribution in [-0.4, -0.2) is 44.5 Å². The summed E-state index contributed by atoms with van der Waals surface area (Å²) in [6.45, 7) is 6.17. The molecule has 0 N–H and O–H groups in total. The fourth-order valence-electron chi connectivity index (χ4n) is 5.55. The first-order valence-electron chi connectivity index (χ1n) is 14.3. The summed E-state index contributed by atoms with van der Waals surface area (Å²) in [6, 6.07) is 13.0. The number of thiazole rings is 1. The Kier molecular flexibility index (Phi) is 8.93. The zero-order valence-corrected chi connectivity index (χ0v) is 25.0. The third kappa shape index (κ3) is 5.81. The molecular weight excluding hydrogens is 538 g/mol. The number of anilines is 1. The number of esters is 1. The van der Waals surface area contributed by atoms with Crippen molar-refractivity contribution >= 4 is 29.1 Å². The van der Waals surface area contributed by atoms with Gasteiger partial charge in [0.25, 0.3) is 5.56 Å². The van der Waals surface area contributed by atoms with E-state index in [9.17, 15) is 9.59 Å². The van der Waals surface area contributed by atoms with Gasteiger partial charge in [-0.25, -0.2) is 9.79 Å². The minimum absolute atomic E-state index is 0.210. The first kappa shape index (κ1) is 28.7. The fourth-order valence-corrected chi connectivity index (χ4v) is 6.57. The Hall–Kier alpha value is -3.85. The van der Waals surface area contributed by atoms with E-state index in [0.29, 0.717) is 44.1 Å². The van der Waals surface area contributed by atoms with E-state index >= 15 is 0 Å². The molecule has 2 aromatic carbocycles. The number of rotatable bonds is 9. The molecule has 0 radical (unpaired) electrons. The van der Waals surface area contributed by atoms with Crippen molar-refractivity contribution in [1.29, 1.82) is 0 Å². The number of aromatic nitrogens is 1. The molecule has 216 valence electrons. The number of nitrogens with zero attached hydrogens (tertiary/aromatic N) is 3. The third-order valence-electron chi connectivity index (χ3n) is 7.54. The highest BCUT2D eigenvalue weighted by Gasteiger charge is 2.36. The molecule has 1 saturated heterocycles. The van der Waals surface area contributed by atoms with Crippen LogP contribution in [-0.2, 0) is 9.53 Å². The predicted molar refractivity (Wildman–Crippen MR) is 162 cm³/mol. The van der Waals surface area contributed by atoms with Gasteiger partial charge in [0.2, 0.25) is 0 Å². The Morgan fingerprint density at radius 2 is 1.80 bits per heavy atom. The van der Waals surface area contributed by atoms with Gasteiger partial charge in [-0.2, -0.15) is 0 Å². The summed E-state index contributed by atoms with van der Waals surface area (Å²) in [6.07, 6.45) is 6.97. The van der Waals surface area contributed by atoms with E-state index in [1.807, 2.05) is 19.1 Å². The molecule has 0 bridgehead atoms. The highest BCUT2D eigenvalue weighted by Crippen LogP contribution is 2.38. The number of allylic oxidation sites excluding steroid dienone is 1. The molecule has 2 aliphatic heterocycles. The minimum Gasteiger partial charge on any atom is -0.497 e. The van der Waals surface area contributed by atoms with Crippen molar-refractivity contribution in [1.82, 2.24) is 4.57 Å². The number of benzene rings is 2. The molecule has 0 saturated carbocycles. The second-order valence-electron chi connectivity index (χ2n) is 10.2. The van der Waals surface area contributed by atoms with E-state index in [0.717, 1.165) is 25.1 Å². The van der Waals surface area contributed by atoms with Gasteiger partial charge in [0.1, 0.15) is 17.5 Å². The quantitative estimate of drug-likeness (QED) is 0.348. The average molecular weight is 576 g/mol. The van der Waals surface area contributed by atoms with Crippen LogP contribution in [0.15, 0.2) is 63.5 Å². The highest BCUT2D eigenvalue weighted by atomic mass is 32.1. The van der Waals surface area contributed by atoms with Crippen LogP contribution in [0, 0.1) is 0 Å². The summed E-state index contributed by atoms with van der Waals surface area (Å²) < 4.78 is 18.9. The molecule has 3 heterocycles. The molecule has 3 aromatic rings. The van der Waals surface area contributed by atoms with Crippen molar-refractivity contribution in [2.45, 2.75) is 52.0 Å². The molecule has 1 aromatic heterocycles. The molecule has 1 atom stereocenters. The molecule has 0 amide bonds. The minimum atomic E-state index is -0.777. The Balaban J connectivity index is 1.67. The summed E-state index contributed by atoms with van der Waals surface area (Å²) in [4.78, 5) is 35.4. The Morgan fingerprint density at radius 1 is 1.05 bits per heavy atom. The molecule has 0 aliphatic carbocycles. The topological polar surface area (TPSA) is 82.4 Å². The van der Waals surface area contributed by atoms with Crippen molar-refractivity contribution in [3.05, 3.63) is 84.5 Å². The van der Waals surface area contributed by atoms with Crippen molar-refractivity contribution < 1.29 is 19.0 Å². The second-order valence-corrected chi connectivity index (χ2v) is 11.2. The Morgan fingerprint density at radius 3 is 2.46 bits per heavy atom. The SMILES string of the molecule is CCCC1=C(C(=O)OCC)[C@H](c2cc(OC)ccc2OC)n2c(s/c(=C\c3ccc(N4CCCCC4)cc3)c2=O)=N1. The standard InChI is InChI=1S/C32H37N3O5S/c1-5-10-25-28(31(37)40-6-2)29(24-20-23(38-3)15-16-26(24)39-4)35-30(36)27(41-32(35)33-25)19-21-11-13-22(14-12-21)34-17-8-7-9-18-34/h11-16,19-20,29H,5-10,17-18H2,1-4H3/b27-19-/t29-/m0/s1. The number of piperidine rings is 1. The monoisotopic (exact) mass is 575 g/mol. The zero-order valence-electron chi connectivity index (χ0n) is 24.1. The normalized spacial score (nSPS) is 17.2. The smallest absolute Gasteiger partial charge is 0.338 e. The summed E-state index contributed by atoms with van der Waals surface area (Å²) in [7, 11) is 3.15. The lowest BCUT2D eigenvalue weighted by atomic mass is 9.93. The van der Waals surface area contributed by atoms with Crippen molar-refractivity contribution in [3.8, 4) is 11.5 Å². The van der Waals surface area contributed by atoms with E-state index in [-0.39, 0.29) is 12.2 Å². The van der Waals surface area contributed by atoms with Crippen LogP contribution in [0.3, 0.4) is 0 Å². The summed E-state index contributed by atoms with van der Waals surface area (Å²) in [5.41, 5.74) is 3.53. The van der Waals surface area contributed by atoms with E-state index in [1.165, 1.54) is 36.3 Å². The lowest BCUT2D eigenvalue weighted by molar-refractivity contribution is -0.139. The van der Waals surface area contributed by atoms with Crippen LogP contribution < -0.4 is 29.3 Å². The third-order valence-corrected chi connectivity index (χ3v) is 8.52. The number of ether oxygens (including phenoxy) is 3. The van der Waals surface area contributed by atoms with Crippen LogP contribution >= 0.6 is 11.3 Å². The van der Waals surface area contributed by atoms with Gasteiger partial charge in [-0.3, -0.25) is 9.36 Å². The van der Waals surface area contributed by atoms with Gasteiger partial charge in [0, 0.05) is 24.3 Å². The van der Waals surface area contributed by atoms with E-state index in [2.05, 4.69) is 29.2 Å². The molecule has 9 heteroatoms. The number of methoxy groups -OCH3 is 2. The van der Waals surface area contributed by atoms with Crippen molar-refractivity contribution in [2.24, 2.45) is 4.99 Å². The van der Waals surface area contributed by atoms with Gasteiger partial charge in [-0.05, 0) is 74.6 Å². The van der Waals surface area contributed by atoms with Gasteiger partial charge in [-0.1, -0.05) is 36.8 Å². The maximum Gasteiger partial charge on any atom is 0.338 e. The second kappa shape index (κ2) is 12.8. The molecule has 8 nitrogen and oxygen atoms in total. The zero-order chi connectivity index (χ0) is 28.9. The number of carbonyl (C=O) groups excluding carboxylic acids is 1. The number of carbonyl (C=O) groups is 1. The van der Waals surface area contributed by atoms with E-state index in [1.54, 1.807) is 37.8 Å². The summed E-state index contributed by atoms with van der Waals surface area (Å²) in [5, 5.41) is 0. The van der Waals surface area contributed by atoms with Crippen LogP contribution in [0.1, 0.15) is 63.1 Å². The molecule has 5 rings (SSSR count). The Bertz CT molecular complexity index is 1610. The summed E-state index contributed by atoms with van der Waals surface area (Å²) >= 11 is 1.33. The number of hydrogen-bond acceptors (Lipinski definition) is 8. The average Bonchev–Trinajstić information content (AvgIpc) is 3.31. The van der Waals surface area contributed by atoms with Crippen LogP contribution in [0.2, 0.25) is 0 Å². The fraction of sp³-hybridized carbons (Fsp3) is 0.406. The van der Waals surface area contributed by atoms with Crippen LogP contribution in [0.4, 0.5) is 5.69 Å². The molecule has 2 aliphatic rings. The molecule has 41 heavy (non-hydrogen) atoms. The van der Waals surface area contributed by atoms with Crippen LogP contribution in [0.5, 0.6) is 11.5 Å². The van der Waals surface area contributed by atoms with Crippen LogP contribution in [0.25, 0.3) is 6.08 Å². The van der Waals surface area contributed by atoms with E-state index < -0.39 is 12.0 Å². The highest BCUT2D eigenvalue weighted by molar-refractivity contribution is 7.07. The van der Waals surface area contributed by atoms with E-state index in [4.69, 9.17) is 19.2 Å². The van der Waals surface area contributed by atoms with Gasteiger partial charge >= 0.3 is 5.97 Å². The number of hydrogen-bond donors (Lipinski definition) is 0. The molecular formula is C32H37N3O5S. The van der Waals surface area contributed by atoms with Gasteiger partial charge < -0.3 is 19.1 Å². The largest absolute Gasteiger partial charge is 0.497 e. The predicted octanol–water partition coefficient (Wildman–Crippen LogP) is 4.59. The van der Waals surface area contributed by atoms with Gasteiger partial charge in [-0.15, -0.1) is 0 Å². The first-order valence-corrected chi connectivity index (χ1v) is 15.1. The maximum absolute atomic E-state index is 14.1. The molecule has 1 fully saturated rings. The summed E-state index contributed by atoms with van der Waals surface area (Å²) in [5.74, 6) is 0.643. The van der Waals surface area contributed by atoms with Crippen molar-refractivity contribution in [3.63, 3.8) is 0 Å². The lowest BCUT2D eigenvalue weighted by Gasteiger charge is -2.28. The first-order chi connectivity index (χ1) is 20.0.